The average Bonchev–Trinajstić information content (AvgIpc) is 2.61. The summed E-state index contributed by atoms with van der Waals surface area (Å²) >= 11 is 0. The van der Waals surface area contributed by atoms with E-state index >= 15 is 0 Å². The Morgan fingerprint density at radius 1 is 1.36 bits per heavy atom. The fourth-order valence-corrected chi connectivity index (χ4v) is 3.30. The molecule has 0 radical (unpaired) electrons. The molecule has 0 spiro atoms. The van der Waals surface area contributed by atoms with Gasteiger partial charge in [-0.3, -0.25) is 9.59 Å². The Kier molecular flexibility index (Phi) is 6.82. The molecule has 3 N–H and O–H groups in total. The van der Waals surface area contributed by atoms with Gasteiger partial charge in [0.25, 0.3) is 0 Å². The Labute approximate surface area is 149 Å². The van der Waals surface area contributed by atoms with E-state index in [4.69, 9.17) is 10.5 Å². The molecule has 2 rings (SSSR count). The monoisotopic (exact) mass is 347 g/mol. The Morgan fingerprint density at radius 3 is 2.60 bits per heavy atom. The molecule has 1 saturated heterocycles. The number of methoxy groups -OCH3 is 1. The van der Waals surface area contributed by atoms with Crippen LogP contribution in [-0.4, -0.2) is 43.0 Å². The third-order valence-corrected chi connectivity index (χ3v) is 4.83. The number of nitrogens with zero attached hydrogens (tertiary/aromatic N) is 1. The lowest BCUT2D eigenvalue weighted by Crippen LogP contribution is -2.46. The molecule has 1 aliphatic heterocycles. The number of hydrogen-bond acceptors (Lipinski definition) is 4. The van der Waals surface area contributed by atoms with Gasteiger partial charge in [-0.1, -0.05) is 12.1 Å². The third kappa shape index (κ3) is 5.46. The maximum atomic E-state index is 12.8. The van der Waals surface area contributed by atoms with Gasteiger partial charge in [-0.2, -0.15) is 0 Å². The van der Waals surface area contributed by atoms with Gasteiger partial charge in [0.15, 0.2) is 0 Å². The summed E-state index contributed by atoms with van der Waals surface area (Å²) in [6.45, 7) is 4.92. The first-order valence-electron chi connectivity index (χ1n) is 8.85. The Morgan fingerprint density at radius 2 is 2.04 bits per heavy atom. The van der Waals surface area contributed by atoms with Crippen LogP contribution in [0.2, 0.25) is 0 Å². The Hall–Kier alpha value is -2.08. The van der Waals surface area contributed by atoms with Crippen LogP contribution >= 0.6 is 0 Å². The number of hydrogen-bond donors (Lipinski definition) is 2. The van der Waals surface area contributed by atoms with Gasteiger partial charge in [0.05, 0.1) is 19.6 Å². The van der Waals surface area contributed by atoms with E-state index < -0.39 is 0 Å². The van der Waals surface area contributed by atoms with Gasteiger partial charge in [-0.25, -0.2) is 0 Å². The zero-order valence-corrected chi connectivity index (χ0v) is 15.3. The molecular formula is C19H29N3O3. The molecule has 1 heterocycles. The molecule has 2 amide bonds. The van der Waals surface area contributed by atoms with Gasteiger partial charge in [0.2, 0.25) is 11.8 Å². The molecule has 25 heavy (non-hydrogen) atoms. The molecule has 6 nitrogen and oxygen atoms in total. The molecule has 138 valence electrons. The highest BCUT2D eigenvalue weighted by atomic mass is 16.5. The second kappa shape index (κ2) is 8.85. The largest absolute Gasteiger partial charge is 0.497 e. The molecular weight excluding hydrogens is 318 g/mol. The van der Waals surface area contributed by atoms with Crippen LogP contribution in [0.1, 0.15) is 44.7 Å². The quantitative estimate of drug-likeness (QED) is 0.822. The number of nitrogens with two attached hydrogens (primary N) is 1. The van der Waals surface area contributed by atoms with Gasteiger partial charge in [0.1, 0.15) is 5.75 Å². The maximum Gasteiger partial charge on any atom is 0.224 e. The molecule has 6 heteroatoms. The molecule has 1 aromatic carbocycles. The van der Waals surface area contributed by atoms with Gasteiger partial charge in [-0.05, 0) is 43.4 Å². The van der Waals surface area contributed by atoms with Crippen LogP contribution in [0.25, 0.3) is 0 Å². The van der Waals surface area contributed by atoms with Crippen molar-refractivity contribution in [3.8, 4) is 5.75 Å². The Bertz CT molecular complexity index is 586. The maximum absolute atomic E-state index is 12.8. The van der Waals surface area contributed by atoms with E-state index in [0.717, 1.165) is 30.7 Å². The van der Waals surface area contributed by atoms with E-state index in [0.29, 0.717) is 12.5 Å². The zero-order valence-electron chi connectivity index (χ0n) is 15.3. The van der Waals surface area contributed by atoms with Crippen LogP contribution in [0.15, 0.2) is 24.3 Å². The second-order valence-electron chi connectivity index (χ2n) is 6.83. The van der Waals surface area contributed by atoms with Crippen molar-refractivity contribution in [2.75, 3.05) is 20.2 Å². The second-order valence-corrected chi connectivity index (χ2v) is 6.83. The number of likely N-dealkylation sites (tertiary alicyclic amines) is 1. The summed E-state index contributed by atoms with van der Waals surface area (Å²) in [5, 5.41) is 2.89. The molecule has 0 aromatic heterocycles. The van der Waals surface area contributed by atoms with Crippen molar-refractivity contribution >= 4 is 11.8 Å². The normalized spacial score (nSPS) is 19.8. The molecule has 1 aromatic rings. The van der Waals surface area contributed by atoms with Gasteiger partial charge in [0, 0.05) is 26.1 Å². The van der Waals surface area contributed by atoms with Crippen molar-refractivity contribution < 1.29 is 14.3 Å². The van der Waals surface area contributed by atoms with Crippen molar-refractivity contribution in [1.82, 2.24) is 10.2 Å². The number of rotatable bonds is 6. The summed E-state index contributed by atoms with van der Waals surface area (Å²) in [5.74, 6) is 0.992. The van der Waals surface area contributed by atoms with Crippen LogP contribution in [0.4, 0.5) is 0 Å². The number of nitrogens with one attached hydrogen (secondary N) is 1. The first-order chi connectivity index (χ1) is 11.9. The number of piperidine rings is 1. The van der Waals surface area contributed by atoms with E-state index in [9.17, 15) is 9.59 Å². The van der Waals surface area contributed by atoms with Crippen LogP contribution in [0.3, 0.4) is 0 Å². The van der Waals surface area contributed by atoms with Crippen molar-refractivity contribution in [3.05, 3.63) is 29.8 Å². The van der Waals surface area contributed by atoms with Gasteiger partial charge in [-0.15, -0.1) is 0 Å². The lowest BCUT2D eigenvalue weighted by molar-refractivity contribution is -0.134. The third-order valence-electron chi connectivity index (χ3n) is 4.83. The van der Waals surface area contributed by atoms with Crippen LogP contribution in [0.5, 0.6) is 5.75 Å². The number of benzene rings is 1. The summed E-state index contributed by atoms with van der Waals surface area (Å²) < 4.78 is 5.17. The van der Waals surface area contributed by atoms with Crippen molar-refractivity contribution in [3.63, 3.8) is 0 Å². The summed E-state index contributed by atoms with van der Waals surface area (Å²) in [7, 11) is 1.61. The number of amides is 2. The van der Waals surface area contributed by atoms with Gasteiger partial charge >= 0.3 is 0 Å². The Balaban J connectivity index is 2.07. The fourth-order valence-electron chi connectivity index (χ4n) is 3.30. The summed E-state index contributed by atoms with van der Waals surface area (Å²) in [5.41, 5.74) is 6.90. The molecule has 0 bridgehead atoms. The molecule has 3 unspecified atom stereocenters. The lowest BCUT2D eigenvalue weighted by atomic mass is 9.91. The first-order valence-corrected chi connectivity index (χ1v) is 8.85. The highest BCUT2D eigenvalue weighted by molar-refractivity contribution is 5.79. The van der Waals surface area contributed by atoms with E-state index in [1.165, 1.54) is 6.92 Å². The van der Waals surface area contributed by atoms with E-state index in [1.54, 1.807) is 7.11 Å². The van der Waals surface area contributed by atoms with Crippen molar-refractivity contribution in [2.24, 2.45) is 11.7 Å². The predicted octanol–water partition coefficient (Wildman–Crippen LogP) is 1.85. The summed E-state index contributed by atoms with van der Waals surface area (Å²) in [4.78, 5) is 26.2. The molecule has 0 aliphatic carbocycles. The van der Waals surface area contributed by atoms with E-state index in [2.05, 4.69) is 5.32 Å². The summed E-state index contributed by atoms with van der Waals surface area (Å²) in [6.07, 6.45) is 2.29. The van der Waals surface area contributed by atoms with Crippen molar-refractivity contribution in [1.29, 1.82) is 0 Å². The molecule has 1 fully saturated rings. The SMILES string of the molecule is COc1ccc(C(CC(=O)N2CCCC(C(C)N)C2)NC(C)=O)cc1. The minimum Gasteiger partial charge on any atom is -0.497 e. The van der Waals surface area contributed by atoms with E-state index in [-0.39, 0.29) is 30.3 Å². The van der Waals surface area contributed by atoms with Crippen LogP contribution in [-0.2, 0) is 9.59 Å². The fraction of sp³-hybridized carbons (Fsp3) is 0.579. The topological polar surface area (TPSA) is 84.7 Å². The smallest absolute Gasteiger partial charge is 0.224 e. The average molecular weight is 347 g/mol. The lowest BCUT2D eigenvalue weighted by Gasteiger charge is -2.35. The molecule has 3 atom stereocenters. The highest BCUT2D eigenvalue weighted by Gasteiger charge is 2.27. The molecule has 1 aliphatic rings. The standard InChI is InChI=1S/C19H29N3O3/c1-13(20)16-5-4-10-22(12-16)19(24)11-18(21-14(2)23)15-6-8-17(25-3)9-7-15/h6-9,13,16,18H,4-5,10-12,20H2,1-3H3,(H,21,23). The number of carbonyl (C=O) groups is 2. The van der Waals surface area contributed by atoms with Gasteiger partial charge < -0.3 is 20.7 Å². The van der Waals surface area contributed by atoms with Crippen LogP contribution in [0, 0.1) is 5.92 Å². The molecule has 0 saturated carbocycles. The zero-order chi connectivity index (χ0) is 18.4. The minimum atomic E-state index is -0.341. The predicted molar refractivity (Wildman–Crippen MR) is 97.1 cm³/mol. The number of ether oxygens (including phenoxy) is 1. The van der Waals surface area contributed by atoms with Crippen LogP contribution < -0.4 is 15.8 Å². The van der Waals surface area contributed by atoms with Crippen molar-refractivity contribution in [2.45, 2.75) is 45.2 Å². The number of carbonyl (C=O) groups excluding carboxylic acids is 2. The minimum absolute atomic E-state index is 0.0555. The summed E-state index contributed by atoms with van der Waals surface area (Å²) in [6, 6.07) is 7.18. The van der Waals surface area contributed by atoms with E-state index in [1.807, 2.05) is 36.1 Å². The first kappa shape index (κ1) is 19.2. The highest BCUT2D eigenvalue weighted by Crippen LogP contribution is 2.24.